The Labute approximate surface area is 116 Å². The van der Waals surface area contributed by atoms with Crippen molar-refractivity contribution in [2.75, 3.05) is 19.0 Å². The first-order chi connectivity index (χ1) is 8.11. The van der Waals surface area contributed by atoms with Crippen LogP contribution in [-0.2, 0) is 0 Å². The number of hydrogen-bond donors (Lipinski definition) is 0. The average molecular weight is 295 g/mol. The third-order valence-electron chi connectivity index (χ3n) is 2.41. The Morgan fingerprint density at radius 2 is 2.06 bits per heavy atom. The molecule has 0 aliphatic carbocycles. The van der Waals surface area contributed by atoms with Gasteiger partial charge in [0.15, 0.2) is 0 Å². The molecule has 0 aliphatic heterocycles. The van der Waals surface area contributed by atoms with E-state index in [1.165, 1.54) is 0 Å². The van der Waals surface area contributed by atoms with Gasteiger partial charge in [-0.15, -0.1) is 11.6 Å². The Morgan fingerprint density at radius 1 is 1.35 bits per heavy atom. The number of nitrogens with zero attached hydrogens (tertiary/aromatic N) is 1. The van der Waals surface area contributed by atoms with E-state index in [1.807, 2.05) is 6.92 Å². The summed E-state index contributed by atoms with van der Waals surface area (Å²) in [6.07, 6.45) is 0.763. The van der Waals surface area contributed by atoms with Crippen LogP contribution in [0.3, 0.4) is 0 Å². The van der Waals surface area contributed by atoms with E-state index in [2.05, 4.69) is 0 Å². The van der Waals surface area contributed by atoms with Crippen molar-refractivity contribution in [3.8, 4) is 0 Å². The molecule has 1 amide bonds. The Balaban J connectivity index is 2.90. The highest BCUT2D eigenvalue weighted by molar-refractivity contribution is 6.43. The van der Waals surface area contributed by atoms with Crippen LogP contribution in [0.1, 0.15) is 23.7 Å². The van der Waals surface area contributed by atoms with Gasteiger partial charge in [-0.05, 0) is 25.5 Å². The van der Waals surface area contributed by atoms with Crippen LogP contribution in [0.4, 0.5) is 0 Å². The summed E-state index contributed by atoms with van der Waals surface area (Å²) in [5.41, 5.74) is 0.440. The molecule has 0 bridgehead atoms. The molecule has 0 unspecified atom stereocenters. The molecule has 0 atom stereocenters. The van der Waals surface area contributed by atoms with Gasteiger partial charge in [0, 0.05) is 19.0 Å². The summed E-state index contributed by atoms with van der Waals surface area (Å²) >= 11 is 17.5. The molecule has 94 valence electrons. The average Bonchev–Trinajstić information content (AvgIpc) is 2.33. The number of hydrogen-bond acceptors (Lipinski definition) is 1. The summed E-state index contributed by atoms with van der Waals surface area (Å²) in [5.74, 6) is 0.428. The van der Waals surface area contributed by atoms with E-state index in [0.717, 1.165) is 6.42 Å². The van der Waals surface area contributed by atoms with Crippen molar-refractivity contribution in [3.63, 3.8) is 0 Å². The van der Waals surface area contributed by atoms with Crippen LogP contribution in [0, 0.1) is 0 Å². The van der Waals surface area contributed by atoms with Gasteiger partial charge in [0.25, 0.3) is 5.91 Å². The van der Waals surface area contributed by atoms with Gasteiger partial charge in [0.2, 0.25) is 0 Å². The first-order valence-corrected chi connectivity index (χ1v) is 6.70. The van der Waals surface area contributed by atoms with Gasteiger partial charge in [-0.1, -0.05) is 29.3 Å². The van der Waals surface area contributed by atoms with Crippen LogP contribution in [-0.4, -0.2) is 29.8 Å². The molecule has 1 aromatic carbocycles. The summed E-state index contributed by atoms with van der Waals surface area (Å²) in [7, 11) is 0. The predicted molar refractivity (Wildman–Crippen MR) is 73.4 cm³/mol. The van der Waals surface area contributed by atoms with Gasteiger partial charge in [0.1, 0.15) is 0 Å². The van der Waals surface area contributed by atoms with Crippen LogP contribution in [0.25, 0.3) is 0 Å². The highest BCUT2D eigenvalue weighted by Gasteiger charge is 2.17. The van der Waals surface area contributed by atoms with Crippen molar-refractivity contribution < 1.29 is 4.79 Å². The van der Waals surface area contributed by atoms with Gasteiger partial charge in [0.05, 0.1) is 15.6 Å². The molecular weight excluding hydrogens is 280 g/mol. The van der Waals surface area contributed by atoms with Crippen LogP contribution >= 0.6 is 34.8 Å². The number of halogens is 3. The third kappa shape index (κ3) is 3.77. The third-order valence-corrected chi connectivity index (χ3v) is 3.50. The lowest BCUT2D eigenvalue weighted by molar-refractivity contribution is 0.0765. The molecule has 0 spiro atoms. The highest BCUT2D eigenvalue weighted by Crippen LogP contribution is 2.26. The second-order valence-electron chi connectivity index (χ2n) is 3.53. The smallest absolute Gasteiger partial charge is 0.255 e. The topological polar surface area (TPSA) is 20.3 Å². The molecule has 0 radical (unpaired) electrons. The van der Waals surface area contributed by atoms with E-state index in [-0.39, 0.29) is 5.91 Å². The van der Waals surface area contributed by atoms with Crippen molar-refractivity contribution in [3.05, 3.63) is 33.8 Å². The quantitative estimate of drug-likeness (QED) is 0.749. The Kier molecular flexibility index (Phi) is 6.10. The van der Waals surface area contributed by atoms with Gasteiger partial charge >= 0.3 is 0 Å². The maximum Gasteiger partial charge on any atom is 0.255 e. The molecule has 1 aromatic rings. The highest BCUT2D eigenvalue weighted by atomic mass is 35.5. The minimum atomic E-state index is -0.106. The molecule has 0 aliphatic rings. The first-order valence-electron chi connectivity index (χ1n) is 5.41. The molecule has 0 saturated heterocycles. The van der Waals surface area contributed by atoms with Gasteiger partial charge < -0.3 is 4.90 Å². The fourth-order valence-electron chi connectivity index (χ4n) is 1.49. The Bertz CT molecular complexity index is 395. The zero-order chi connectivity index (χ0) is 12.8. The van der Waals surface area contributed by atoms with Crippen molar-refractivity contribution in [2.45, 2.75) is 13.3 Å². The SMILES string of the molecule is CCN(CCCCl)C(=O)c1cccc(Cl)c1Cl. The van der Waals surface area contributed by atoms with Crippen LogP contribution in [0.15, 0.2) is 18.2 Å². The van der Waals surface area contributed by atoms with E-state index < -0.39 is 0 Å². The number of benzene rings is 1. The molecule has 0 aromatic heterocycles. The monoisotopic (exact) mass is 293 g/mol. The lowest BCUT2D eigenvalue weighted by atomic mass is 10.2. The molecule has 0 saturated carbocycles. The zero-order valence-electron chi connectivity index (χ0n) is 9.55. The maximum absolute atomic E-state index is 12.2. The van der Waals surface area contributed by atoms with E-state index in [9.17, 15) is 4.79 Å². The summed E-state index contributed by atoms with van der Waals surface area (Å²) < 4.78 is 0. The molecule has 1 rings (SSSR count). The summed E-state index contributed by atoms with van der Waals surface area (Å²) in [4.78, 5) is 13.9. The van der Waals surface area contributed by atoms with Crippen molar-refractivity contribution in [1.29, 1.82) is 0 Å². The predicted octanol–water partition coefficient (Wildman–Crippen LogP) is 4.08. The molecule has 0 fully saturated rings. The summed E-state index contributed by atoms with van der Waals surface area (Å²) in [6, 6.07) is 5.06. The fourth-order valence-corrected chi connectivity index (χ4v) is 1.99. The Hall–Kier alpha value is -0.440. The zero-order valence-corrected chi connectivity index (χ0v) is 11.8. The lowest BCUT2D eigenvalue weighted by Gasteiger charge is -2.21. The summed E-state index contributed by atoms with van der Waals surface area (Å²) in [6.45, 7) is 3.17. The summed E-state index contributed by atoms with van der Waals surface area (Å²) in [5, 5.41) is 0.703. The van der Waals surface area contributed by atoms with E-state index in [1.54, 1.807) is 23.1 Å². The van der Waals surface area contributed by atoms with Gasteiger partial charge in [-0.2, -0.15) is 0 Å². The molecule has 5 heteroatoms. The van der Waals surface area contributed by atoms with Crippen molar-refractivity contribution in [1.82, 2.24) is 4.90 Å². The first kappa shape index (κ1) is 14.6. The number of carbonyl (C=O) groups excluding carboxylic acids is 1. The molecule has 17 heavy (non-hydrogen) atoms. The van der Waals surface area contributed by atoms with E-state index in [0.29, 0.717) is 34.6 Å². The number of amides is 1. The standard InChI is InChI=1S/C12H14Cl3NO/c1-2-16(8-4-7-13)12(17)9-5-3-6-10(14)11(9)15/h3,5-6H,2,4,7-8H2,1H3. The second-order valence-corrected chi connectivity index (χ2v) is 4.69. The minimum Gasteiger partial charge on any atom is -0.339 e. The van der Waals surface area contributed by atoms with E-state index in [4.69, 9.17) is 34.8 Å². The van der Waals surface area contributed by atoms with Crippen LogP contribution < -0.4 is 0 Å². The fraction of sp³-hybridized carbons (Fsp3) is 0.417. The molecule has 0 heterocycles. The van der Waals surface area contributed by atoms with Crippen molar-refractivity contribution in [2.24, 2.45) is 0 Å². The molecular formula is C12H14Cl3NO. The van der Waals surface area contributed by atoms with Gasteiger partial charge in [-0.25, -0.2) is 0 Å². The normalized spacial score (nSPS) is 10.4. The van der Waals surface area contributed by atoms with Gasteiger partial charge in [-0.3, -0.25) is 4.79 Å². The van der Waals surface area contributed by atoms with E-state index >= 15 is 0 Å². The number of carbonyl (C=O) groups is 1. The maximum atomic E-state index is 12.2. The molecule has 2 nitrogen and oxygen atoms in total. The van der Waals surface area contributed by atoms with Crippen molar-refractivity contribution >= 4 is 40.7 Å². The lowest BCUT2D eigenvalue weighted by Crippen LogP contribution is -2.32. The Morgan fingerprint density at radius 3 is 2.65 bits per heavy atom. The largest absolute Gasteiger partial charge is 0.339 e. The minimum absolute atomic E-state index is 0.106. The number of rotatable bonds is 5. The van der Waals surface area contributed by atoms with Crippen LogP contribution in [0.2, 0.25) is 10.0 Å². The second kappa shape index (κ2) is 7.10. The van der Waals surface area contributed by atoms with Crippen LogP contribution in [0.5, 0.6) is 0 Å². The molecule has 0 N–H and O–H groups in total. The number of alkyl halides is 1.